The minimum Gasteiger partial charge on any atom is -0.326 e. The molecule has 4 nitrogen and oxygen atoms in total. The van der Waals surface area contributed by atoms with Crippen molar-refractivity contribution in [3.05, 3.63) is 0 Å². The van der Waals surface area contributed by atoms with Crippen LogP contribution in [-0.4, -0.2) is 44.3 Å². The summed E-state index contributed by atoms with van der Waals surface area (Å²) in [6.07, 6.45) is -3.56. The van der Waals surface area contributed by atoms with Gasteiger partial charge in [0.25, 0.3) is 0 Å². The minimum absolute atomic E-state index is 0.261. The Kier molecular flexibility index (Phi) is 2.81. The summed E-state index contributed by atoms with van der Waals surface area (Å²) in [5, 5.41) is 0. The molecule has 2 N–H and O–H groups in total. The molecule has 84 valence electrons. The van der Waals surface area contributed by atoms with Gasteiger partial charge in [-0.1, -0.05) is 0 Å². The van der Waals surface area contributed by atoms with E-state index in [1.165, 1.54) is 0 Å². The zero-order valence-corrected chi connectivity index (χ0v) is 8.27. The molecule has 1 fully saturated rings. The van der Waals surface area contributed by atoms with Crippen LogP contribution in [0.5, 0.6) is 0 Å². The van der Waals surface area contributed by atoms with Crippen molar-refractivity contribution < 1.29 is 21.6 Å². The fraction of sp³-hybridized carbons (Fsp3) is 1.00. The minimum atomic E-state index is -4.43. The fourth-order valence-electron chi connectivity index (χ4n) is 1.41. The molecule has 0 spiro atoms. The molecular formula is C6H11F3N2O2S. The van der Waals surface area contributed by atoms with Gasteiger partial charge in [-0.15, -0.1) is 0 Å². The number of nitrogens with two attached hydrogens (primary N) is 1. The summed E-state index contributed by atoms with van der Waals surface area (Å²) in [4.78, 5) is 0. The topological polar surface area (TPSA) is 63.4 Å². The van der Waals surface area contributed by atoms with Crippen molar-refractivity contribution in [1.82, 2.24) is 4.31 Å². The Labute approximate surface area is 79.9 Å². The molecular weight excluding hydrogens is 221 g/mol. The lowest BCUT2D eigenvalue weighted by atomic mass is 10.1. The third-order valence-electron chi connectivity index (χ3n) is 2.22. The Morgan fingerprint density at radius 2 is 1.86 bits per heavy atom. The molecule has 1 heterocycles. The van der Waals surface area contributed by atoms with E-state index in [4.69, 9.17) is 5.73 Å². The highest BCUT2D eigenvalue weighted by Crippen LogP contribution is 2.33. The first kappa shape index (κ1) is 11.7. The maximum absolute atomic E-state index is 12.3. The number of halogens is 3. The van der Waals surface area contributed by atoms with Crippen molar-refractivity contribution in [2.75, 3.05) is 19.3 Å². The maximum atomic E-state index is 12.3. The predicted octanol–water partition coefficient (Wildman–Crippen LogP) is -0.233. The van der Waals surface area contributed by atoms with Crippen molar-refractivity contribution in [2.45, 2.75) is 12.2 Å². The third-order valence-corrected chi connectivity index (χ3v) is 3.46. The van der Waals surface area contributed by atoms with Crippen LogP contribution in [0.25, 0.3) is 0 Å². The van der Waals surface area contributed by atoms with Crippen molar-refractivity contribution in [2.24, 2.45) is 11.7 Å². The zero-order valence-electron chi connectivity index (χ0n) is 7.45. The van der Waals surface area contributed by atoms with Gasteiger partial charge in [0.2, 0.25) is 10.0 Å². The summed E-state index contributed by atoms with van der Waals surface area (Å²) in [7, 11) is -3.58. The molecule has 0 aromatic rings. The van der Waals surface area contributed by atoms with E-state index < -0.39 is 34.7 Å². The fourth-order valence-corrected chi connectivity index (χ4v) is 2.28. The van der Waals surface area contributed by atoms with Gasteiger partial charge in [-0.3, -0.25) is 0 Å². The molecule has 1 aliphatic heterocycles. The normalized spacial score (nSPS) is 30.9. The standard InChI is InChI=1S/C6H11F3N2O2S/c1-14(12,13)11-2-4(5(10)3-11)6(7,8)9/h4-5H,2-3,10H2,1H3/t4-,5-/m1/s1. The smallest absolute Gasteiger partial charge is 0.326 e. The number of nitrogens with zero attached hydrogens (tertiary/aromatic N) is 1. The summed E-state index contributed by atoms with van der Waals surface area (Å²) in [6, 6.07) is -1.16. The summed E-state index contributed by atoms with van der Waals surface area (Å²) < 4.78 is 59.5. The first-order valence-electron chi connectivity index (χ1n) is 3.90. The average molecular weight is 232 g/mol. The van der Waals surface area contributed by atoms with Gasteiger partial charge in [0, 0.05) is 19.1 Å². The lowest BCUT2D eigenvalue weighted by Gasteiger charge is -2.17. The molecule has 0 aromatic heterocycles. The Balaban J connectivity index is 2.80. The molecule has 14 heavy (non-hydrogen) atoms. The Morgan fingerprint density at radius 1 is 1.36 bits per heavy atom. The van der Waals surface area contributed by atoms with Crippen LogP contribution in [0.1, 0.15) is 0 Å². The van der Waals surface area contributed by atoms with Crippen LogP contribution in [0.4, 0.5) is 13.2 Å². The molecule has 1 rings (SSSR count). The SMILES string of the molecule is CS(=O)(=O)N1C[C@@H](N)[C@H](C(F)(F)F)C1. The van der Waals surface area contributed by atoms with Crippen LogP contribution in [0, 0.1) is 5.92 Å². The lowest BCUT2D eigenvalue weighted by molar-refractivity contribution is -0.172. The summed E-state index contributed by atoms with van der Waals surface area (Å²) in [5.41, 5.74) is 5.23. The average Bonchev–Trinajstić information content (AvgIpc) is 2.27. The first-order valence-corrected chi connectivity index (χ1v) is 5.74. The highest BCUT2D eigenvalue weighted by Gasteiger charge is 2.50. The quantitative estimate of drug-likeness (QED) is 0.679. The van der Waals surface area contributed by atoms with Crippen molar-refractivity contribution in [3.63, 3.8) is 0 Å². The van der Waals surface area contributed by atoms with Crippen molar-refractivity contribution in [1.29, 1.82) is 0 Å². The monoisotopic (exact) mass is 232 g/mol. The van der Waals surface area contributed by atoms with Gasteiger partial charge in [-0.2, -0.15) is 17.5 Å². The van der Waals surface area contributed by atoms with Crippen LogP contribution in [0.15, 0.2) is 0 Å². The van der Waals surface area contributed by atoms with E-state index in [2.05, 4.69) is 0 Å². The van der Waals surface area contributed by atoms with Crippen molar-refractivity contribution in [3.8, 4) is 0 Å². The van der Waals surface area contributed by atoms with Crippen LogP contribution in [0.2, 0.25) is 0 Å². The predicted molar refractivity (Wildman–Crippen MR) is 43.9 cm³/mol. The Hall–Kier alpha value is -0.340. The third kappa shape index (κ3) is 2.37. The molecule has 1 saturated heterocycles. The molecule has 0 amide bonds. The highest BCUT2D eigenvalue weighted by molar-refractivity contribution is 7.88. The van der Waals surface area contributed by atoms with E-state index in [9.17, 15) is 21.6 Å². The molecule has 0 bridgehead atoms. The number of hydrogen-bond donors (Lipinski definition) is 1. The van der Waals surface area contributed by atoms with Gasteiger partial charge in [-0.05, 0) is 0 Å². The number of rotatable bonds is 1. The molecule has 0 aromatic carbocycles. The highest BCUT2D eigenvalue weighted by atomic mass is 32.2. The van der Waals surface area contributed by atoms with E-state index in [1.807, 2.05) is 0 Å². The second-order valence-electron chi connectivity index (χ2n) is 3.39. The largest absolute Gasteiger partial charge is 0.394 e. The van der Waals surface area contributed by atoms with E-state index in [0.29, 0.717) is 0 Å². The Bertz CT molecular complexity index is 314. The van der Waals surface area contributed by atoms with Crippen LogP contribution >= 0.6 is 0 Å². The van der Waals surface area contributed by atoms with Crippen LogP contribution < -0.4 is 5.73 Å². The summed E-state index contributed by atoms with van der Waals surface area (Å²) in [6.45, 7) is -0.827. The number of alkyl halides is 3. The van der Waals surface area contributed by atoms with Crippen molar-refractivity contribution >= 4 is 10.0 Å². The second kappa shape index (κ2) is 3.35. The van der Waals surface area contributed by atoms with E-state index >= 15 is 0 Å². The lowest BCUT2D eigenvalue weighted by Crippen LogP contribution is -2.38. The van der Waals surface area contributed by atoms with E-state index in [1.54, 1.807) is 0 Å². The molecule has 2 atom stereocenters. The Morgan fingerprint density at radius 3 is 2.07 bits per heavy atom. The van der Waals surface area contributed by atoms with Gasteiger partial charge in [0.1, 0.15) is 0 Å². The first-order chi connectivity index (χ1) is 6.12. The van der Waals surface area contributed by atoms with Crippen LogP contribution in [-0.2, 0) is 10.0 Å². The van der Waals surface area contributed by atoms with E-state index in [0.717, 1.165) is 10.6 Å². The van der Waals surface area contributed by atoms with E-state index in [-0.39, 0.29) is 6.54 Å². The van der Waals surface area contributed by atoms with Gasteiger partial charge < -0.3 is 5.73 Å². The molecule has 0 unspecified atom stereocenters. The van der Waals surface area contributed by atoms with Gasteiger partial charge in [-0.25, -0.2) is 8.42 Å². The molecule has 8 heteroatoms. The van der Waals surface area contributed by atoms with Gasteiger partial charge in [0.05, 0.1) is 12.2 Å². The second-order valence-corrected chi connectivity index (χ2v) is 5.37. The number of hydrogen-bond acceptors (Lipinski definition) is 3. The summed E-state index contributed by atoms with van der Waals surface area (Å²) >= 11 is 0. The molecule has 0 aliphatic carbocycles. The number of sulfonamides is 1. The van der Waals surface area contributed by atoms with Crippen LogP contribution in [0.3, 0.4) is 0 Å². The molecule has 1 aliphatic rings. The molecule has 0 radical (unpaired) electrons. The van der Waals surface area contributed by atoms with Gasteiger partial charge >= 0.3 is 6.18 Å². The van der Waals surface area contributed by atoms with Gasteiger partial charge in [0.15, 0.2) is 0 Å². The zero-order chi connectivity index (χ0) is 11.1. The molecule has 0 saturated carbocycles. The maximum Gasteiger partial charge on any atom is 0.394 e. The summed E-state index contributed by atoms with van der Waals surface area (Å²) in [5.74, 6) is -1.75.